The van der Waals surface area contributed by atoms with Crippen molar-refractivity contribution in [2.75, 3.05) is 19.1 Å². The number of para-hydroxylation sites is 1. The summed E-state index contributed by atoms with van der Waals surface area (Å²) in [5.74, 6) is 1.27. The molecule has 0 unspecified atom stereocenters. The van der Waals surface area contributed by atoms with Crippen LogP contribution in [0.1, 0.15) is 37.5 Å². The van der Waals surface area contributed by atoms with E-state index < -0.39 is 21.3 Å². The van der Waals surface area contributed by atoms with Crippen molar-refractivity contribution in [1.29, 1.82) is 0 Å². The van der Waals surface area contributed by atoms with E-state index in [-0.39, 0.29) is 5.91 Å². The molecule has 0 bridgehead atoms. The third-order valence-electron chi connectivity index (χ3n) is 5.99. The molecule has 6 nitrogen and oxygen atoms in total. The fraction of sp³-hybridized carbons (Fsp3) is 0.296. The summed E-state index contributed by atoms with van der Waals surface area (Å²) in [6.45, 7) is 6.04. The zero-order chi connectivity index (χ0) is 24.5. The van der Waals surface area contributed by atoms with Crippen LogP contribution in [0.15, 0.2) is 72.8 Å². The number of hydrogen-bond donors (Lipinski definition) is 1. The van der Waals surface area contributed by atoms with Crippen LogP contribution < -0.4 is 19.1 Å². The minimum atomic E-state index is -1.51. The monoisotopic (exact) mass is 478 g/mol. The number of ether oxygens (including phenoxy) is 2. The van der Waals surface area contributed by atoms with Crippen molar-refractivity contribution in [2.24, 2.45) is 0 Å². The van der Waals surface area contributed by atoms with Gasteiger partial charge in [-0.1, -0.05) is 42.5 Å². The van der Waals surface area contributed by atoms with Gasteiger partial charge in [0.25, 0.3) is 5.91 Å². The molecule has 4 rings (SSSR count). The lowest BCUT2D eigenvalue weighted by Gasteiger charge is -2.33. The predicted octanol–water partition coefficient (Wildman–Crippen LogP) is 4.55. The quantitative estimate of drug-likeness (QED) is 0.541. The Balaban J connectivity index is 1.85. The highest BCUT2D eigenvalue weighted by Gasteiger charge is 2.53. The normalized spacial score (nSPS) is 18.5. The number of anilines is 1. The Kier molecular flexibility index (Phi) is 6.51. The van der Waals surface area contributed by atoms with E-state index in [0.717, 1.165) is 22.6 Å². The number of nitrogens with one attached hydrogen (secondary N) is 1. The standard InChI is InChI=1S/C27H30N2O4S/c1-26(2,3)34(31)28-27(20-12-16-22(33-5)17-13-20)23-8-6-7-9-24(23)29(25(27)30)18-19-10-14-21(32-4)15-11-19/h6-17,28H,18H2,1-5H3/t27-,34-/m1/s1. The van der Waals surface area contributed by atoms with Crippen LogP contribution in [-0.4, -0.2) is 29.1 Å². The topological polar surface area (TPSA) is 67.9 Å². The van der Waals surface area contributed by atoms with Gasteiger partial charge in [-0.05, 0) is 62.2 Å². The van der Waals surface area contributed by atoms with Crippen molar-refractivity contribution in [3.8, 4) is 11.5 Å². The average Bonchev–Trinajstić information content (AvgIpc) is 3.07. The number of hydrogen-bond acceptors (Lipinski definition) is 4. The van der Waals surface area contributed by atoms with Gasteiger partial charge in [-0.3, -0.25) is 4.79 Å². The second-order valence-corrected chi connectivity index (χ2v) is 11.2. The number of carbonyl (C=O) groups excluding carboxylic acids is 1. The zero-order valence-electron chi connectivity index (χ0n) is 20.1. The Hall–Kier alpha value is -3.16. The lowest BCUT2D eigenvalue weighted by Crippen LogP contribution is -2.54. The van der Waals surface area contributed by atoms with Crippen LogP contribution in [0.2, 0.25) is 0 Å². The largest absolute Gasteiger partial charge is 0.497 e. The predicted molar refractivity (Wildman–Crippen MR) is 135 cm³/mol. The van der Waals surface area contributed by atoms with Crippen LogP contribution >= 0.6 is 0 Å². The lowest BCUT2D eigenvalue weighted by atomic mass is 9.85. The SMILES string of the molecule is COc1ccc(CN2C(=O)[C@@](N[S@](=O)C(C)(C)C)(c3ccc(OC)cc3)c3ccccc32)cc1. The van der Waals surface area contributed by atoms with Gasteiger partial charge in [0.05, 0.1) is 42.2 Å². The van der Waals surface area contributed by atoms with Crippen molar-refractivity contribution < 1.29 is 18.5 Å². The molecule has 7 heteroatoms. The number of carbonyl (C=O) groups is 1. The molecule has 0 saturated carbocycles. The Morgan fingerprint density at radius 3 is 2.00 bits per heavy atom. The summed E-state index contributed by atoms with van der Waals surface area (Å²) in [6, 6.07) is 22.7. The second kappa shape index (κ2) is 9.24. The summed E-state index contributed by atoms with van der Waals surface area (Å²) >= 11 is 0. The molecule has 178 valence electrons. The van der Waals surface area contributed by atoms with Crippen LogP contribution in [0.25, 0.3) is 0 Å². The Bertz CT molecular complexity index is 1200. The summed E-state index contributed by atoms with van der Waals surface area (Å²) in [6.07, 6.45) is 0. The fourth-order valence-corrected chi connectivity index (χ4v) is 4.99. The first-order valence-corrected chi connectivity index (χ1v) is 12.2. The van der Waals surface area contributed by atoms with Crippen molar-refractivity contribution in [2.45, 2.75) is 37.6 Å². The maximum Gasteiger partial charge on any atom is 0.257 e. The maximum atomic E-state index is 14.3. The molecule has 2 atom stereocenters. The smallest absolute Gasteiger partial charge is 0.257 e. The first kappa shape index (κ1) is 24.0. The molecule has 34 heavy (non-hydrogen) atoms. The summed E-state index contributed by atoms with van der Waals surface area (Å²) < 4.78 is 26.7. The molecule has 1 N–H and O–H groups in total. The maximum absolute atomic E-state index is 14.3. The third kappa shape index (κ3) is 4.21. The summed E-state index contributed by atoms with van der Waals surface area (Å²) in [5.41, 5.74) is 1.94. The van der Waals surface area contributed by atoms with Crippen molar-refractivity contribution in [1.82, 2.24) is 4.72 Å². The zero-order valence-corrected chi connectivity index (χ0v) is 20.9. The van der Waals surface area contributed by atoms with Gasteiger partial charge >= 0.3 is 0 Å². The van der Waals surface area contributed by atoms with Gasteiger partial charge in [0.15, 0.2) is 5.54 Å². The number of amides is 1. The molecule has 3 aromatic carbocycles. The molecule has 1 aliphatic heterocycles. The number of methoxy groups -OCH3 is 2. The molecular formula is C27H30N2O4S. The molecule has 0 aliphatic carbocycles. The van der Waals surface area contributed by atoms with Gasteiger partial charge < -0.3 is 14.4 Å². The number of nitrogens with zero attached hydrogens (tertiary/aromatic N) is 1. The Morgan fingerprint density at radius 1 is 0.882 bits per heavy atom. The minimum Gasteiger partial charge on any atom is -0.497 e. The highest BCUT2D eigenvalue weighted by molar-refractivity contribution is 7.84. The van der Waals surface area contributed by atoms with Crippen molar-refractivity contribution in [3.63, 3.8) is 0 Å². The van der Waals surface area contributed by atoms with Crippen molar-refractivity contribution >= 4 is 22.6 Å². The molecular weight excluding hydrogens is 448 g/mol. The van der Waals surface area contributed by atoms with Crippen LogP contribution in [0, 0.1) is 0 Å². The van der Waals surface area contributed by atoms with E-state index in [1.54, 1.807) is 19.1 Å². The van der Waals surface area contributed by atoms with E-state index >= 15 is 0 Å². The van der Waals surface area contributed by atoms with E-state index in [4.69, 9.17) is 9.47 Å². The van der Waals surface area contributed by atoms with E-state index in [2.05, 4.69) is 4.72 Å². The van der Waals surface area contributed by atoms with Crippen LogP contribution in [0.4, 0.5) is 5.69 Å². The third-order valence-corrected chi connectivity index (χ3v) is 7.59. The summed E-state index contributed by atoms with van der Waals surface area (Å²) in [4.78, 5) is 16.1. The first-order chi connectivity index (χ1) is 16.2. The van der Waals surface area contributed by atoms with Gasteiger partial charge in [-0.2, -0.15) is 0 Å². The van der Waals surface area contributed by atoms with Crippen LogP contribution in [0.3, 0.4) is 0 Å². The molecule has 1 amide bonds. The molecule has 0 aromatic heterocycles. The molecule has 0 fully saturated rings. The summed E-state index contributed by atoms with van der Waals surface area (Å²) in [7, 11) is 1.71. The van der Waals surface area contributed by atoms with E-state index in [9.17, 15) is 9.00 Å². The minimum absolute atomic E-state index is 0.174. The molecule has 1 heterocycles. The highest BCUT2D eigenvalue weighted by Crippen LogP contribution is 2.46. The average molecular weight is 479 g/mol. The lowest BCUT2D eigenvalue weighted by molar-refractivity contribution is -0.122. The van der Waals surface area contributed by atoms with E-state index in [1.807, 2.05) is 93.6 Å². The van der Waals surface area contributed by atoms with Crippen LogP contribution in [-0.2, 0) is 27.9 Å². The van der Waals surface area contributed by atoms with Gasteiger partial charge in [0, 0.05) is 5.56 Å². The molecule has 0 spiro atoms. The number of benzene rings is 3. The Labute approximate surface area is 203 Å². The Morgan fingerprint density at radius 2 is 1.44 bits per heavy atom. The van der Waals surface area contributed by atoms with Gasteiger partial charge in [-0.25, -0.2) is 8.93 Å². The fourth-order valence-electron chi connectivity index (χ4n) is 4.09. The van der Waals surface area contributed by atoms with E-state index in [0.29, 0.717) is 17.9 Å². The molecule has 3 aromatic rings. The molecule has 1 aliphatic rings. The second-order valence-electron chi connectivity index (χ2n) is 9.22. The van der Waals surface area contributed by atoms with E-state index in [1.165, 1.54) is 0 Å². The van der Waals surface area contributed by atoms with Gasteiger partial charge in [0.1, 0.15) is 11.5 Å². The summed E-state index contributed by atoms with van der Waals surface area (Å²) in [5, 5.41) is 0. The number of fused-ring (bicyclic) bond motifs is 1. The number of rotatable bonds is 7. The highest BCUT2D eigenvalue weighted by atomic mass is 32.2. The van der Waals surface area contributed by atoms with Crippen LogP contribution in [0.5, 0.6) is 11.5 Å². The van der Waals surface area contributed by atoms with Gasteiger partial charge in [0.2, 0.25) is 0 Å². The molecule has 0 saturated heterocycles. The van der Waals surface area contributed by atoms with Crippen molar-refractivity contribution in [3.05, 3.63) is 89.5 Å². The van der Waals surface area contributed by atoms with Gasteiger partial charge in [-0.15, -0.1) is 0 Å². The molecule has 0 radical (unpaired) electrons. The first-order valence-electron chi connectivity index (χ1n) is 11.1.